The van der Waals surface area contributed by atoms with Gasteiger partial charge in [0.2, 0.25) is 0 Å². The van der Waals surface area contributed by atoms with E-state index in [9.17, 15) is 31.7 Å². The highest BCUT2D eigenvalue weighted by molar-refractivity contribution is 7.92. The van der Waals surface area contributed by atoms with Crippen molar-refractivity contribution in [2.45, 2.75) is 16.9 Å². The maximum Gasteiger partial charge on any atom is 0.501 e. The summed E-state index contributed by atoms with van der Waals surface area (Å²) in [6.45, 7) is 0.0978. The topological polar surface area (TPSA) is 102 Å². The van der Waals surface area contributed by atoms with Crippen molar-refractivity contribution in [1.82, 2.24) is 4.98 Å². The zero-order chi connectivity index (χ0) is 20.5. The lowest BCUT2D eigenvalue weighted by Gasteiger charge is -2.11. The third-order valence-electron chi connectivity index (χ3n) is 3.97. The molecule has 11 heteroatoms. The molecule has 0 aliphatic heterocycles. The number of benzene rings is 2. The molecule has 7 nitrogen and oxygen atoms in total. The second kappa shape index (κ2) is 7.08. The molecule has 0 fully saturated rings. The number of alkyl halides is 3. The quantitative estimate of drug-likeness (QED) is 0.502. The highest BCUT2D eigenvalue weighted by Gasteiger charge is 2.47. The van der Waals surface area contributed by atoms with E-state index in [-0.39, 0.29) is 12.2 Å². The number of hydrogen-bond donors (Lipinski definition) is 1. The predicted molar refractivity (Wildman–Crippen MR) is 95.4 cm³/mol. The predicted octanol–water partition coefficient (Wildman–Crippen LogP) is 4.05. The van der Waals surface area contributed by atoms with Crippen molar-refractivity contribution in [2.24, 2.45) is 0 Å². The van der Waals surface area contributed by atoms with E-state index in [2.05, 4.69) is 10.3 Å². The van der Waals surface area contributed by atoms with Crippen LogP contribution in [0.3, 0.4) is 0 Å². The first-order valence-corrected chi connectivity index (χ1v) is 9.26. The first-order chi connectivity index (χ1) is 13.1. The summed E-state index contributed by atoms with van der Waals surface area (Å²) in [6.07, 6.45) is 1.59. The molecule has 3 aromatic rings. The van der Waals surface area contributed by atoms with Crippen molar-refractivity contribution >= 4 is 32.1 Å². The molecule has 146 valence electrons. The summed E-state index contributed by atoms with van der Waals surface area (Å²) >= 11 is 0. The van der Waals surface area contributed by atoms with E-state index >= 15 is 0 Å². The number of nitro benzene ring substituents is 1. The van der Waals surface area contributed by atoms with Gasteiger partial charge in [0.25, 0.3) is 15.5 Å². The number of anilines is 1. The van der Waals surface area contributed by atoms with Gasteiger partial charge in [0.1, 0.15) is 5.69 Å². The molecule has 0 bridgehead atoms. The molecule has 3 rings (SSSR count). The second-order valence-electron chi connectivity index (χ2n) is 5.73. The molecule has 0 unspecified atom stereocenters. The van der Waals surface area contributed by atoms with Gasteiger partial charge in [-0.2, -0.15) is 13.2 Å². The van der Waals surface area contributed by atoms with Crippen molar-refractivity contribution in [3.63, 3.8) is 0 Å². The number of pyridine rings is 1. The summed E-state index contributed by atoms with van der Waals surface area (Å²) < 4.78 is 61.0. The largest absolute Gasteiger partial charge is 0.501 e. The van der Waals surface area contributed by atoms with Gasteiger partial charge in [0, 0.05) is 24.2 Å². The third-order valence-corrected chi connectivity index (χ3v) is 5.45. The van der Waals surface area contributed by atoms with Crippen LogP contribution in [-0.4, -0.2) is 23.8 Å². The minimum Gasteiger partial charge on any atom is -0.375 e. The van der Waals surface area contributed by atoms with Gasteiger partial charge in [-0.25, -0.2) is 8.42 Å². The third kappa shape index (κ3) is 3.60. The number of rotatable bonds is 5. The fourth-order valence-corrected chi connectivity index (χ4v) is 3.39. The number of nitrogens with zero attached hydrogens (tertiary/aromatic N) is 2. The van der Waals surface area contributed by atoms with Gasteiger partial charge >= 0.3 is 5.51 Å². The molecule has 0 spiro atoms. The summed E-state index contributed by atoms with van der Waals surface area (Å²) in [7, 11) is -5.69. The van der Waals surface area contributed by atoms with Crippen LogP contribution < -0.4 is 5.32 Å². The van der Waals surface area contributed by atoms with Gasteiger partial charge in [-0.3, -0.25) is 15.1 Å². The average molecular weight is 411 g/mol. The minimum atomic E-state index is -5.69. The monoisotopic (exact) mass is 411 g/mol. The molecule has 2 aromatic carbocycles. The van der Waals surface area contributed by atoms with Gasteiger partial charge in [-0.05, 0) is 23.8 Å². The molecule has 0 aliphatic rings. The molecule has 0 aliphatic carbocycles. The SMILES string of the molecule is O=[N+]([O-])c1cc(S(=O)(=O)C(F)(F)F)ccc1NCc1cccc2cccnc12. The van der Waals surface area contributed by atoms with Gasteiger partial charge in [0.15, 0.2) is 0 Å². The lowest BCUT2D eigenvalue weighted by molar-refractivity contribution is -0.384. The Hall–Kier alpha value is -3.21. The standard InChI is InChI=1S/C17H12F3N3O4S/c18-17(19,20)28(26,27)13-6-7-14(15(9-13)23(24)25)22-10-12-4-1-3-11-5-2-8-21-16(11)12/h1-9,22H,10H2. The molecular formula is C17H12F3N3O4S. The van der Waals surface area contributed by atoms with Crippen LogP contribution in [0, 0.1) is 10.1 Å². The van der Waals surface area contributed by atoms with Crippen LogP contribution in [0.5, 0.6) is 0 Å². The number of nitro groups is 1. The Bertz CT molecular complexity index is 1160. The fraction of sp³-hybridized carbons (Fsp3) is 0.118. The summed E-state index contributed by atoms with van der Waals surface area (Å²) in [5.74, 6) is 0. The summed E-state index contributed by atoms with van der Waals surface area (Å²) in [4.78, 5) is 13.4. The lowest BCUT2D eigenvalue weighted by atomic mass is 10.1. The van der Waals surface area contributed by atoms with Gasteiger partial charge in [-0.1, -0.05) is 24.3 Å². The molecule has 1 heterocycles. The zero-order valence-corrected chi connectivity index (χ0v) is 14.8. The van der Waals surface area contributed by atoms with Crippen LogP contribution >= 0.6 is 0 Å². The van der Waals surface area contributed by atoms with Crippen LogP contribution in [0.15, 0.2) is 59.6 Å². The zero-order valence-electron chi connectivity index (χ0n) is 14.0. The van der Waals surface area contributed by atoms with E-state index in [1.54, 1.807) is 24.4 Å². The number of aromatic nitrogens is 1. The van der Waals surface area contributed by atoms with E-state index in [4.69, 9.17) is 0 Å². The van der Waals surface area contributed by atoms with Crippen LogP contribution in [0.1, 0.15) is 5.56 Å². The highest BCUT2D eigenvalue weighted by Crippen LogP contribution is 2.35. The Labute approximate surface area is 156 Å². The highest BCUT2D eigenvalue weighted by atomic mass is 32.2. The summed E-state index contributed by atoms with van der Waals surface area (Å²) in [5, 5.41) is 14.9. The first kappa shape index (κ1) is 19.5. The Balaban J connectivity index is 1.95. The van der Waals surface area contributed by atoms with Crippen LogP contribution in [-0.2, 0) is 16.4 Å². The molecule has 0 amide bonds. The Kier molecular flexibility index (Phi) is 4.94. The maximum absolute atomic E-state index is 12.7. The molecule has 1 aromatic heterocycles. The minimum absolute atomic E-state index is 0.0978. The van der Waals surface area contributed by atoms with E-state index in [1.165, 1.54) is 0 Å². The van der Waals surface area contributed by atoms with Gasteiger partial charge in [-0.15, -0.1) is 0 Å². The molecule has 1 N–H and O–H groups in total. The van der Waals surface area contributed by atoms with Crippen molar-refractivity contribution in [2.75, 3.05) is 5.32 Å². The maximum atomic E-state index is 12.7. The van der Waals surface area contributed by atoms with Crippen molar-refractivity contribution < 1.29 is 26.5 Å². The molecule has 0 atom stereocenters. The number of hydrogen-bond acceptors (Lipinski definition) is 6. The fourth-order valence-electron chi connectivity index (χ4n) is 2.61. The smallest absolute Gasteiger partial charge is 0.375 e. The van der Waals surface area contributed by atoms with Crippen LogP contribution in [0.25, 0.3) is 10.9 Å². The number of halogens is 3. The molecule has 0 saturated carbocycles. The van der Waals surface area contributed by atoms with Crippen LogP contribution in [0.4, 0.5) is 24.5 Å². The molecule has 28 heavy (non-hydrogen) atoms. The van der Waals surface area contributed by atoms with Crippen molar-refractivity contribution in [1.29, 1.82) is 0 Å². The summed E-state index contributed by atoms with van der Waals surface area (Å²) in [5.41, 5.74) is -5.07. The van der Waals surface area contributed by atoms with Crippen molar-refractivity contribution in [3.8, 4) is 0 Å². The Morgan fingerprint density at radius 3 is 2.50 bits per heavy atom. The Morgan fingerprint density at radius 1 is 1.11 bits per heavy atom. The number of para-hydroxylation sites is 1. The van der Waals surface area contributed by atoms with Gasteiger partial charge < -0.3 is 5.32 Å². The number of sulfone groups is 1. The lowest BCUT2D eigenvalue weighted by Crippen LogP contribution is -2.23. The average Bonchev–Trinajstić information content (AvgIpc) is 2.65. The van der Waals surface area contributed by atoms with E-state index in [0.717, 1.165) is 11.5 Å². The first-order valence-electron chi connectivity index (χ1n) is 7.77. The Morgan fingerprint density at radius 2 is 1.82 bits per heavy atom. The summed E-state index contributed by atoms with van der Waals surface area (Å²) in [6, 6.07) is 11.0. The number of nitrogens with one attached hydrogen (secondary N) is 1. The van der Waals surface area contributed by atoms with E-state index in [0.29, 0.717) is 23.2 Å². The second-order valence-corrected chi connectivity index (χ2v) is 7.67. The van der Waals surface area contributed by atoms with E-state index < -0.39 is 30.9 Å². The molecule has 0 radical (unpaired) electrons. The number of fused-ring (bicyclic) bond motifs is 1. The van der Waals surface area contributed by atoms with Crippen molar-refractivity contribution in [3.05, 3.63) is 70.4 Å². The van der Waals surface area contributed by atoms with E-state index in [1.807, 2.05) is 12.1 Å². The normalized spacial score (nSPS) is 12.1. The molecular weight excluding hydrogens is 399 g/mol. The van der Waals surface area contributed by atoms with Crippen LogP contribution in [0.2, 0.25) is 0 Å². The van der Waals surface area contributed by atoms with Gasteiger partial charge in [0.05, 0.1) is 15.3 Å². The molecule has 0 saturated heterocycles.